The molecule has 1 heterocycles. The van der Waals surface area contributed by atoms with Crippen LogP contribution in [0.15, 0.2) is 71.8 Å². The number of methoxy groups -OCH3 is 1. The number of sulfonamides is 1. The van der Waals surface area contributed by atoms with E-state index in [0.29, 0.717) is 17.1 Å². The topological polar surface area (TPSA) is 80.3 Å². The van der Waals surface area contributed by atoms with Crippen LogP contribution in [0.25, 0.3) is 0 Å². The van der Waals surface area contributed by atoms with E-state index in [1.165, 1.54) is 43.6 Å². The summed E-state index contributed by atoms with van der Waals surface area (Å²) in [5.41, 5.74) is 1.17. The van der Waals surface area contributed by atoms with E-state index in [4.69, 9.17) is 4.74 Å². The molecular formula is C18H16FN3O3S. The molecule has 0 saturated carbocycles. The molecule has 2 N–H and O–H groups in total. The molecule has 3 aromatic rings. The Labute approximate surface area is 150 Å². The van der Waals surface area contributed by atoms with E-state index in [9.17, 15) is 12.8 Å². The third-order valence-corrected chi connectivity index (χ3v) is 4.86. The van der Waals surface area contributed by atoms with Gasteiger partial charge < -0.3 is 10.1 Å². The summed E-state index contributed by atoms with van der Waals surface area (Å²) in [6.07, 6.45) is 1.46. The van der Waals surface area contributed by atoms with Gasteiger partial charge in [-0.1, -0.05) is 6.07 Å². The molecule has 0 atom stereocenters. The Morgan fingerprint density at radius 1 is 1.00 bits per heavy atom. The Morgan fingerprint density at radius 2 is 1.77 bits per heavy atom. The molecule has 0 unspecified atom stereocenters. The van der Waals surface area contributed by atoms with Crippen molar-refractivity contribution in [2.45, 2.75) is 4.90 Å². The van der Waals surface area contributed by atoms with Gasteiger partial charge in [0.15, 0.2) is 0 Å². The Hall–Kier alpha value is -3.13. The fourth-order valence-electron chi connectivity index (χ4n) is 2.21. The molecule has 0 aliphatic carbocycles. The maximum Gasteiger partial charge on any atom is 0.263 e. The van der Waals surface area contributed by atoms with Crippen molar-refractivity contribution >= 4 is 27.2 Å². The summed E-state index contributed by atoms with van der Waals surface area (Å²) in [6.45, 7) is 0. The monoisotopic (exact) mass is 373 g/mol. The van der Waals surface area contributed by atoms with Gasteiger partial charge in [0.2, 0.25) is 0 Å². The zero-order chi connectivity index (χ0) is 18.6. The highest BCUT2D eigenvalue weighted by molar-refractivity contribution is 7.92. The summed E-state index contributed by atoms with van der Waals surface area (Å²) < 4.78 is 45.3. The van der Waals surface area contributed by atoms with Crippen LogP contribution in [0.5, 0.6) is 5.75 Å². The summed E-state index contributed by atoms with van der Waals surface area (Å²) >= 11 is 0. The van der Waals surface area contributed by atoms with Crippen molar-refractivity contribution in [3.8, 4) is 5.75 Å². The third kappa shape index (κ3) is 4.28. The number of halogens is 1. The normalized spacial score (nSPS) is 11.0. The van der Waals surface area contributed by atoms with Gasteiger partial charge in [-0.2, -0.15) is 0 Å². The maximum atomic E-state index is 13.2. The van der Waals surface area contributed by atoms with Gasteiger partial charge in [0.25, 0.3) is 10.0 Å². The largest absolute Gasteiger partial charge is 0.497 e. The molecule has 0 radical (unpaired) electrons. The second kappa shape index (κ2) is 7.40. The van der Waals surface area contributed by atoms with Crippen molar-refractivity contribution in [2.24, 2.45) is 0 Å². The van der Waals surface area contributed by atoms with Crippen LogP contribution in [0.2, 0.25) is 0 Å². The standard InChI is InChI=1S/C18H16FN3O3S/c1-25-16-6-8-17(9-7-16)26(23,24)22-18-10-5-15(12-20-18)21-14-4-2-3-13(19)11-14/h2-12,21H,1H3,(H,20,22). The van der Waals surface area contributed by atoms with Crippen molar-refractivity contribution in [3.63, 3.8) is 0 Å². The summed E-state index contributed by atoms with van der Waals surface area (Å²) in [4.78, 5) is 4.17. The highest BCUT2D eigenvalue weighted by Gasteiger charge is 2.14. The minimum absolute atomic E-state index is 0.0991. The highest BCUT2D eigenvalue weighted by Crippen LogP contribution is 2.20. The molecule has 0 fully saturated rings. The Bertz CT molecular complexity index is 991. The van der Waals surface area contributed by atoms with E-state index >= 15 is 0 Å². The molecule has 26 heavy (non-hydrogen) atoms. The molecule has 8 heteroatoms. The number of anilines is 3. The van der Waals surface area contributed by atoms with Crippen LogP contribution >= 0.6 is 0 Å². The number of ether oxygens (including phenoxy) is 1. The van der Waals surface area contributed by atoms with Crippen molar-refractivity contribution in [2.75, 3.05) is 17.1 Å². The van der Waals surface area contributed by atoms with E-state index in [1.807, 2.05) is 0 Å². The van der Waals surface area contributed by atoms with E-state index in [2.05, 4.69) is 15.0 Å². The summed E-state index contributed by atoms with van der Waals surface area (Å²) in [5, 5.41) is 2.99. The highest BCUT2D eigenvalue weighted by atomic mass is 32.2. The number of nitrogens with zero attached hydrogens (tertiary/aromatic N) is 1. The van der Waals surface area contributed by atoms with Crippen LogP contribution in [0.3, 0.4) is 0 Å². The predicted molar refractivity (Wildman–Crippen MR) is 97.7 cm³/mol. The first-order chi connectivity index (χ1) is 12.5. The van der Waals surface area contributed by atoms with Crippen LogP contribution in [0.1, 0.15) is 0 Å². The van der Waals surface area contributed by atoms with Gasteiger partial charge in [-0.25, -0.2) is 17.8 Å². The lowest BCUT2D eigenvalue weighted by Gasteiger charge is -2.10. The number of aromatic nitrogens is 1. The molecule has 3 rings (SSSR count). The van der Waals surface area contributed by atoms with Crippen LogP contribution < -0.4 is 14.8 Å². The minimum atomic E-state index is -3.75. The lowest BCUT2D eigenvalue weighted by atomic mass is 10.3. The van der Waals surface area contributed by atoms with Crippen molar-refractivity contribution in [1.29, 1.82) is 0 Å². The van der Waals surface area contributed by atoms with Crippen molar-refractivity contribution < 1.29 is 17.5 Å². The molecule has 134 valence electrons. The van der Waals surface area contributed by atoms with Crippen LogP contribution in [0, 0.1) is 5.82 Å². The number of rotatable bonds is 6. The zero-order valence-corrected chi connectivity index (χ0v) is 14.6. The first-order valence-corrected chi connectivity index (χ1v) is 9.10. The SMILES string of the molecule is COc1ccc(S(=O)(=O)Nc2ccc(Nc3cccc(F)c3)cn2)cc1. The third-order valence-electron chi connectivity index (χ3n) is 3.49. The van der Waals surface area contributed by atoms with Crippen LogP contribution in [-0.2, 0) is 10.0 Å². The molecule has 2 aromatic carbocycles. The predicted octanol–water partition coefficient (Wildman–Crippen LogP) is 3.77. The van der Waals surface area contributed by atoms with E-state index in [1.54, 1.807) is 30.3 Å². The molecule has 0 aliphatic rings. The average molecular weight is 373 g/mol. The molecule has 0 amide bonds. The Balaban J connectivity index is 1.71. The van der Waals surface area contributed by atoms with Gasteiger partial charge in [0.1, 0.15) is 17.4 Å². The Morgan fingerprint density at radius 3 is 2.38 bits per heavy atom. The molecule has 0 aliphatic heterocycles. The van der Waals surface area contributed by atoms with Gasteiger partial charge in [0.05, 0.1) is 23.9 Å². The molecule has 6 nitrogen and oxygen atoms in total. The lowest BCUT2D eigenvalue weighted by Crippen LogP contribution is -2.13. The zero-order valence-electron chi connectivity index (χ0n) is 13.8. The molecule has 0 bridgehead atoms. The maximum absolute atomic E-state index is 13.2. The Kier molecular flexibility index (Phi) is 5.04. The smallest absolute Gasteiger partial charge is 0.263 e. The van der Waals surface area contributed by atoms with Crippen LogP contribution in [0.4, 0.5) is 21.6 Å². The average Bonchev–Trinajstić information content (AvgIpc) is 2.63. The number of hydrogen-bond donors (Lipinski definition) is 2. The second-order valence-corrected chi connectivity index (χ2v) is 7.03. The first-order valence-electron chi connectivity index (χ1n) is 7.62. The number of pyridine rings is 1. The molecular weight excluding hydrogens is 357 g/mol. The number of benzene rings is 2. The van der Waals surface area contributed by atoms with Crippen molar-refractivity contribution in [3.05, 3.63) is 72.7 Å². The second-order valence-electron chi connectivity index (χ2n) is 5.35. The quantitative estimate of drug-likeness (QED) is 0.687. The molecule has 1 aromatic heterocycles. The fourth-order valence-corrected chi connectivity index (χ4v) is 3.22. The molecule has 0 saturated heterocycles. The van der Waals surface area contributed by atoms with Gasteiger partial charge in [-0.3, -0.25) is 4.72 Å². The van der Waals surface area contributed by atoms with Crippen LogP contribution in [-0.4, -0.2) is 20.5 Å². The van der Waals surface area contributed by atoms with Gasteiger partial charge in [-0.15, -0.1) is 0 Å². The lowest BCUT2D eigenvalue weighted by molar-refractivity contribution is 0.414. The fraction of sp³-hybridized carbons (Fsp3) is 0.0556. The summed E-state index contributed by atoms with van der Waals surface area (Å²) in [5.74, 6) is 0.382. The van der Waals surface area contributed by atoms with Gasteiger partial charge in [-0.05, 0) is 54.6 Å². The van der Waals surface area contributed by atoms with E-state index in [0.717, 1.165) is 0 Å². The van der Waals surface area contributed by atoms with Gasteiger partial charge in [0, 0.05) is 5.69 Å². The number of hydrogen-bond acceptors (Lipinski definition) is 5. The first kappa shape index (κ1) is 17.7. The number of nitrogens with one attached hydrogen (secondary N) is 2. The molecule has 0 spiro atoms. The minimum Gasteiger partial charge on any atom is -0.497 e. The van der Waals surface area contributed by atoms with Gasteiger partial charge >= 0.3 is 0 Å². The summed E-state index contributed by atoms with van der Waals surface area (Å²) in [6, 6.07) is 15.2. The van der Waals surface area contributed by atoms with Crippen molar-refractivity contribution in [1.82, 2.24) is 4.98 Å². The van der Waals surface area contributed by atoms with E-state index in [-0.39, 0.29) is 16.5 Å². The summed E-state index contributed by atoms with van der Waals surface area (Å²) in [7, 11) is -2.25. The van der Waals surface area contributed by atoms with E-state index < -0.39 is 10.0 Å².